The molecule has 0 saturated heterocycles. The van der Waals surface area contributed by atoms with Gasteiger partial charge in [-0.2, -0.15) is 0 Å². The molecule has 6 heteroatoms. The summed E-state index contributed by atoms with van der Waals surface area (Å²) in [7, 11) is 3.13. The van der Waals surface area contributed by atoms with Crippen LogP contribution in [-0.4, -0.2) is 32.6 Å². The monoisotopic (exact) mass is 382 g/mol. The van der Waals surface area contributed by atoms with Crippen molar-refractivity contribution in [1.82, 2.24) is 5.32 Å². The van der Waals surface area contributed by atoms with Gasteiger partial charge in [0.1, 0.15) is 11.5 Å². The van der Waals surface area contributed by atoms with Crippen molar-refractivity contribution in [2.75, 3.05) is 26.1 Å². The number of nitrogens with one attached hydrogen (secondary N) is 2. The zero-order valence-corrected chi connectivity index (χ0v) is 16.6. The lowest BCUT2D eigenvalue weighted by Gasteiger charge is -2.11. The topological polar surface area (TPSA) is 76.7 Å². The Morgan fingerprint density at radius 3 is 2.29 bits per heavy atom. The Morgan fingerprint density at radius 2 is 1.68 bits per heavy atom. The van der Waals surface area contributed by atoms with Gasteiger partial charge in [0, 0.05) is 18.7 Å². The largest absolute Gasteiger partial charge is 0.497 e. The number of ether oxygens (including phenoxy) is 2. The molecule has 28 heavy (non-hydrogen) atoms. The molecule has 0 aliphatic heterocycles. The zero-order chi connectivity index (χ0) is 20.5. The molecule has 0 fully saturated rings. The predicted octanol–water partition coefficient (Wildman–Crippen LogP) is 3.74. The lowest BCUT2D eigenvalue weighted by molar-refractivity contribution is -0.111. The van der Waals surface area contributed by atoms with Gasteiger partial charge in [0.2, 0.25) is 5.91 Å². The molecule has 0 heterocycles. The Morgan fingerprint density at radius 1 is 1.04 bits per heavy atom. The summed E-state index contributed by atoms with van der Waals surface area (Å²) in [5.41, 5.74) is 1.64. The van der Waals surface area contributed by atoms with Crippen molar-refractivity contribution >= 4 is 23.6 Å². The molecule has 0 radical (unpaired) electrons. The molecule has 0 atom stereocenters. The van der Waals surface area contributed by atoms with Gasteiger partial charge < -0.3 is 20.1 Å². The third-order valence-corrected chi connectivity index (χ3v) is 3.90. The highest BCUT2D eigenvalue weighted by Crippen LogP contribution is 2.23. The SMILES string of the molecule is COc1cc(/C=C/C(=O)Nc2ccccc2C(=O)NCC(C)C)cc(OC)c1. The van der Waals surface area contributed by atoms with Crippen LogP contribution in [0.2, 0.25) is 0 Å². The normalized spacial score (nSPS) is 10.8. The molecule has 0 spiro atoms. The molecule has 2 amide bonds. The van der Waals surface area contributed by atoms with Crippen molar-refractivity contribution in [1.29, 1.82) is 0 Å². The van der Waals surface area contributed by atoms with E-state index < -0.39 is 0 Å². The van der Waals surface area contributed by atoms with Crippen LogP contribution in [0.15, 0.2) is 48.5 Å². The maximum Gasteiger partial charge on any atom is 0.253 e. The summed E-state index contributed by atoms with van der Waals surface area (Å²) in [6.07, 6.45) is 3.05. The number of hydrogen-bond acceptors (Lipinski definition) is 4. The highest BCUT2D eigenvalue weighted by atomic mass is 16.5. The first-order valence-corrected chi connectivity index (χ1v) is 9.02. The first-order valence-electron chi connectivity index (χ1n) is 9.02. The second kappa shape index (κ2) is 10.2. The van der Waals surface area contributed by atoms with E-state index in [4.69, 9.17) is 9.47 Å². The standard InChI is InChI=1S/C22H26N2O4/c1-15(2)14-23-22(26)19-7-5-6-8-20(19)24-21(25)10-9-16-11-17(27-3)13-18(12-16)28-4/h5-13,15H,14H2,1-4H3,(H,23,26)(H,24,25)/b10-9+. The molecule has 0 aromatic heterocycles. The van der Waals surface area contributed by atoms with E-state index in [2.05, 4.69) is 10.6 Å². The molecule has 2 N–H and O–H groups in total. The van der Waals surface area contributed by atoms with Crippen molar-refractivity contribution in [3.05, 3.63) is 59.7 Å². The molecule has 0 unspecified atom stereocenters. The molecule has 2 rings (SSSR count). The molecule has 0 bridgehead atoms. The summed E-state index contributed by atoms with van der Waals surface area (Å²) in [4.78, 5) is 24.7. The summed E-state index contributed by atoms with van der Waals surface area (Å²) in [6, 6.07) is 12.2. The van der Waals surface area contributed by atoms with Gasteiger partial charge in [-0.05, 0) is 41.8 Å². The first kappa shape index (κ1) is 21.0. The molecule has 0 saturated carbocycles. The van der Waals surface area contributed by atoms with E-state index in [1.54, 1.807) is 62.8 Å². The van der Waals surface area contributed by atoms with Crippen LogP contribution in [-0.2, 0) is 4.79 Å². The Kier molecular flexibility index (Phi) is 7.63. The highest BCUT2D eigenvalue weighted by molar-refractivity contribution is 6.07. The minimum absolute atomic E-state index is 0.217. The molecule has 6 nitrogen and oxygen atoms in total. The fourth-order valence-electron chi connectivity index (χ4n) is 2.45. The van der Waals surface area contributed by atoms with Crippen LogP contribution >= 0.6 is 0 Å². The fourth-order valence-corrected chi connectivity index (χ4v) is 2.45. The maximum absolute atomic E-state index is 12.4. The van der Waals surface area contributed by atoms with Crippen LogP contribution in [0.4, 0.5) is 5.69 Å². The van der Waals surface area contributed by atoms with E-state index in [0.717, 1.165) is 5.56 Å². The average molecular weight is 382 g/mol. The number of rotatable bonds is 8. The van der Waals surface area contributed by atoms with E-state index in [1.807, 2.05) is 13.8 Å². The molecule has 0 aliphatic carbocycles. The van der Waals surface area contributed by atoms with Crippen molar-refractivity contribution < 1.29 is 19.1 Å². The van der Waals surface area contributed by atoms with Crippen molar-refractivity contribution in [3.8, 4) is 11.5 Å². The van der Waals surface area contributed by atoms with Gasteiger partial charge in [-0.3, -0.25) is 9.59 Å². The van der Waals surface area contributed by atoms with Crippen LogP contribution in [0.25, 0.3) is 6.08 Å². The second-order valence-electron chi connectivity index (χ2n) is 6.62. The van der Waals surface area contributed by atoms with Crippen molar-refractivity contribution in [2.45, 2.75) is 13.8 Å². The number of para-hydroxylation sites is 1. The Hall–Kier alpha value is -3.28. The predicted molar refractivity (Wildman–Crippen MR) is 111 cm³/mol. The lowest BCUT2D eigenvalue weighted by atomic mass is 10.1. The zero-order valence-electron chi connectivity index (χ0n) is 16.6. The summed E-state index contributed by atoms with van der Waals surface area (Å²) in [5, 5.41) is 5.62. The average Bonchev–Trinajstić information content (AvgIpc) is 2.70. The quantitative estimate of drug-likeness (QED) is 0.682. The lowest BCUT2D eigenvalue weighted by Crippen LogP contribution is -2.28. The third-order valence-electron chi connectivity index (χ3n) is 3.90. The van der Waals surface area contributed by atoms with Crippen LogP contribution < -0.4 is 20.1 Å². The summed E-state index contributed by atoms with van der Waals surface area (Å²) in [6.45, 7) is 4.61. The Balaban J connectivity index is 2.11. The first-order chi connectivity index (χ1) is 13.4. The van der Waals surface area contributed by atoms with Crippen LogP contribution in [0, 0.1) is 5.92 Å². The van der Waals surface area contributed by atoms with E-state index in [-0.39, 0.29) is 11.8 Å². The van der Waals surface area contributed by atoms with E-state index in [0.29, 0.717) is 35.2 Å². The number of anilines is 1. The van der Waals surface area contributed by atoms with Crippen LogP contribution in [0.1, 0.15) is 29.8 Å². The summed E-state index contributed by atoms with van der Waals surface area (Å²) < 4.78 is 10.4. The van der Waals surface area contributed by atoms with E-state index in [1.165, 1.54) is 6.08 Å². The molecular formula is C22H26N2O4. The number of methoxy groups -OCH3 is 2. The van der Waals surface area contributed by atoms with Crippen LogP contribution in [0.3, 0.4) is 0 Å². The number of amides is 2. The molecule has 0 aliphatic rings. The van der Waals surface area contributed by atoms with Crippen molar-refractivity contribution in [2.24, 2.45) is 5.92 Å². The van der Waals surface area contributed by atoms with Gasteiger partial charge in [0.25, 0.3) is 5.91 Å². The second-order valence-corrected chi connectivity index (χ2v) is 6.62. The van der Waals surface area contributed by atoms with Gasteiger partial charge >= 0.3 is 0 Å². The fraction of sp³-hybridized carbons (Fsp3) is 0.273. The number of benzene rings is 2. The van der Waals surface area contributed by atoms with Gasteiger partial charge in [-0.1, -0.05) is 26.0 Å². The van der Waals surface area contributed by atoms with Gasteiger partial charge in [0.15, 0.2) is 0 Å². The van der Waals surface area contributed by atoms with Gasteiger partial charge in [-0.15, -0.1) is 0 Å². The number of carbonyl (C=O) groups excluding carboxylic acids is 2. The van der Waals surface area contributed by atoms with E-state index >= 15 is 0 Å². The van der Waals surface area contributed by atoms with Crippen molar-refractivity contribution in [3.63, 3.8) is 0 Å². The van der Waals surface area contributed by atoms with Crippen LogP contribution in [0.5, 0.6) is 11.5 Å². The molecule has 2 aromatic rings. The number of hydrogen-bond donors (Lipinski definition) is 2. The third kappa shape index (κ3) is 6.16. The summed E-state index contributed by atoms with van der Waals surface area (Å²) in [5.74, 6) is 1.05. The molecule has 148 valence electrons. The Labute approximate surface area is 165 Å². The highest BCUT2D eigenvalue weighted by Gasteiger charge is 2.12. The van der Waals surface area contributed by atoms with E-state index in [9.17, 15) is 9.59 Å². The molecule has 2 aromatic carbocycles. The Bertz CT molecular complexity index is 837. The maximum atomic E-state index is 12.4. The van der Waals surface area contributed by atoms with Gasteiger partial charge in [0.05, 0.1) is 25.5 Å². The van der Waals surface area contributed by atoms with Gasteiger partial charge in [-0.25, -0.2) is 0 Å². The smallest absolute Gasteiger partial charge is 0.253 e. The molecular weight excluding hydrogens is 356 g/mol. The summed E-state index contributed by atoms with van der Waals surface area (Å²) >= 11 is 0. The minimum atomic E-state index is -0.342. The minimum Gasteiger partial charge on any atom is -0.497 e. The number of carbonyl (C=O) groups is 2.